The Morgan fingerprint density at radius 3 is 3.00 bits per heavy atom. The molecular weight excluding hydrogens is 126 g/mol. The van der Waals surface area contributed by atoms with Crippen molar-refractivity contribution in [1.82, 2.24) is 0 Å². The molecule has 0 aliphatic carbocycles. The van der Waals surface area contributed by atoms with Crippen molar-refractivity contribution in [1.29, 1.82) is 0 Å². The highest BCUT2D eigenvalue weighted by molar-refractivity contribution is 5.05. The minimum absolute atomic E-state index is 0.287. The number of nitrogens with two attached hydrogens (primary N) is 1. The second-order valence-electron chi connectivity index (χ2n) is 2.65. The molecule has 0 amide bonds. The lowest BCUT2D eigenvalue weighted by atomic mass is 10.1. The molecule has 1 rings (SSSR count). The second-order valence-corrected chi connectivity index (χ2v) is 2.65. The first-order valence-electron chi connectivity index (χ1n) is 3.55. The van der Waals surface area contributed by atoms with E-state index in [4.69, 9.17) is 10.2 Å². The van der Waals surface area contributed by atoms with Gasteiger partial charge in [-0.05, 0) is 31.4 Å². The van der Waals surface area contributed by atoms with Gasteiger partial charge in [-0.25, -0.2) is 0 Å². The van der Waals surface area contributed by atoms with Crippen LogP contribution in [0.25, 0.3) is 0 Å². The zero-order valence-electron chi connectivity index (χ0n) is 6.21. The van der Waals surface area contributed by atoms with Gasteiger partial charge in [-0.2, -0.15) is 0 Å². The van der Waals surface area contributed by atoms with E-state index in [2.05, 4.69) is 0 Å². The molecule has 2 N–H and O–H groups in total. The molecule has 56 valence electrons. The zero-order chi connectivity index (χ0) is 7.40. The smallest absolute Gasteiger partial charge is 0.0934 e. The van der Waals surface area contributed by atoms with Gasteiger partial charge in [-0.1, -0.05) is 0 Å². The van der Waals surface area contributed by atoms with Gasteiger partial charge < -0.3 is 10.2 Å². The van der Waals surface area contributed by atoms with Crippen molar-refractivity contribution in [3.05, 3.63) is 24.2 Å². The molecular formula is C8H13NO. The van der Waals surface area contributed by atoms with Gasteiger partial charge in [-0.15, -0.1) is 0 Å². The fraction of sp³-hybridized carbons (Fsp3) is 0.500. The minimum atomic E-state index is 0.287. The van der Waals surface area contributed by atoms with Crippen LogP contribution in [0, 0.1) is 0 Å². The number of rotatable bonds is 3. The molecule has 1 heterocycles. The normalized spacial score (nSPS) is 13.4. The van der Waals surface area contributed by atoms with Gasteiger partial charge in [0.1, 0.15) is 0 Å². The molecule has 1 unspecified atom stereocenters. The Morgan fingerprint density at radius 2 is 2.50 bits per heavy atom. The van der Waals surface area contributed by atoms with Crippen LogP contribution in [-0.2, 0) is 6.42 Å². The maximum Gasteiger partial charge on any atom is 0.0934 e. The molecule has 1 aromatic heterocycles. The van der Waals surface area contributed by atoms with E-state index in [0.717, 1.165) is 12.8 Å². The minimum Gasteiger partial charge on any atom is -0.472 e. The van der Waals surface area contributed by atoms with E-state index in [1.807, 2.05) is 13.0 Å². The van der Waals surface area contributed by atoms with Crippen LogP contribution in [0.1, 0.15) is 18.9 Å². The summed E-state index contributed by atoms with van der Waals surface area (Å²) in [5, 5.41) is 0. The Labute approximate surface area is 61.0 Å². The average Bonchev–Trinajstić information content (AvgIpc) is 2.34. The Hall–Kier alpha value is -0.760. The van der Waals surface area contributed by atoms with Crippen molar-refractivity contribution in [3.8, 4) is 0 Å². The van der Waals surface area contributed by atoms with Crippen molar-refractivity contribution in [3.63, 3.8) is 0 Å². The molecule has 0 aromatic carbocycles. The molecule has 2 nitrogen and oxygen atoms in total. The first-order valence-corrected chi connectivity index (χ1v) is 3.55. The maximum absolute atomic E-state index is 5.58. The molecule has 0 bridgehead atoms. The van der Waals surface area contributed by atoms with Crippen molar-refractivity contribution in [2.75, 3.05) is 0 Å². The third-order valence-corrected chi connectivity index (χ3v) is 1.47. The van der Waals surface area contributed by atoms with Crippen LogP contribution in [0.3, 0.4) is 0 Å². The topological polar surface area (TPSA) is 39.2 Å². The summed E-state index contributed by atoms with van der Waals surface area (Å²) in [4.78, 5) is 0. The number of hydrogen-bond donors (Lipinski definition) is 1. The highest BCUT2D eigenvalue weighted by Gasteiger charge is 1.96. The van der Waals surface area contributed by atoms with Crippen LogP contribution in [0.4, 0.5) is 0 Å². The van der Waals surface area contributed by atoms with Crippen LogP contribution in [-0.4, -0.2) is 6.04 Å². The largest absolute Gasteiger partial charge is 0.472 e. The number of aryl methyl sites for hydroxylation is 1. The van der Waals surface area contributed by atoms with Crippen LogP contribution in [0.15, 0.2) is 23.0 Å². The monoisotopic (exact) mass is 139 g/mol. The van der Waals surface area contributed by atoms with Gasteiger partial charge in [0.05, 0.1) is 12.5 Å². The Kier molecular flexibility index (Phi) is 2.51. The van der Waals surface area contributed by atoms with E-state index in [0.29, 0.717) is 0 Å². The van der Waals surface area contributed by atoms with E-state index in [1.54, 1.807) is 12.5 Å². The molecule has 0 radical (unpaired) electrons. The van der Waals surface area contributed by atoms with E-state index < -0.39 is 0 Å². The van der Waals surface area contributed by atoms with Crippen molar-refractivity contribution in [2.24, 2.45) is 5.73 Å². The van der Waals surface area contributed by atoms with Gasteiger partial charge >= 0.3 is 0 Å². The average molecular weight is 139 g/mol. The quantitative estimate of drug-likeness (QED) is 0.690. The molecule has 0 spiro atoms. The van der Waals surface area contributed by atoms with Crippen LogP contribution in [0.2, 0.25) is 0 Å². The third kappa shape index (κ3) is 2.23. The Morgan fingerprint density at radius 1 is 1.70 bits per heavy atom. The van der Waals surface area contributed by atoms with E-state index >= 15 is 0 Å². The molecule has 0 aliphatic heterocycles. The molecule has 2 heteroatoms. The lowest BCUT2D eigenvalue weighted by Gasteiger charge is -2.00. The molecule has 1 atom stereocenters. The van der Waals surface area contributed by atoms with E-state index in [9.17, 15) is 0 Å². The first-order chi connectivity index (χ1) is 4.79. The summed E-state index contributed by atoms with van der Waals surface area (Å²) in [5.74, 6) is 0. The molecule has 0 saturated carbocycles. The summed E-state index contributed by atoms with van der Waals surface area (Å²) in [6, 6.07) is 2.26. The lowest BCUT2D eigenvalue weighted by Crippen LogP contribution is -2.15. The predicted octanol–water partition coefficient (Wildman–Crippen LogP) is 1.56. The fourth-order valence-electron chi connectivity index (χ4n) is 0.829. The summed E-state index contributed by atoms with van der Waals surface area (Å²) < 4.78 is 4.91. The number of hydrogen-bond acceptors (Lipinski definition) is 2. The van der Waals surface area contributed by atoms with Crippen molar-refractivity contribution in [2.45, 2.75) is 25.8 Å². The third-order valence-electron chi connectivity index (χ3n) is 1.47. The Bertz CT molecular complexity index is 167. The predicted molar refractivity (Wildman–Crippen MR) is 40.7 cm³/mol. The summed E-state index contributed by atoms with van der Waals surface area (Å²) in [6.45, 7) is 2.01. The zero-order valence-corrected chi connectivity index (χ0v) is 6.21. The van der Waals surface area contributed by atoms with Crippen molar-refractivity contribution < 1.29 is 4.42 Å². The summed E-state index contributed by atoms with van der Waals surface area (Å²) >= 11 is 0. The Balaban J connectivity index is 2.28. The molecule has 0 aliphatic rings. The van der Waals surface area contributed by atoms with E-state index in [-0.39, 0.29) is 6.04 Å². The van der Waals surface area contributed by atoms with Crippen molar-refractivity contribution >= 4 is 0 Å². The standard InChI is InChI=1S/C8H13NO/c1-7(9)2-3-8-4-5-10-6-8/h4-7H,2-3,9H2,1H3. The van der Waals surface area contributed by atoms with Crippen LogP contribution >= 0.6 is 0 Å². The lowest BCUT2D eigenvalue weighted by molar-refractivity contribution is 0.561. The fourth-order valence-corrected chi connectivity index (χ4v) is 0.829. The molecule has 0 fully saturated rings. The number of furan rings is 1. The summed E-state index contributed by atoms with van der Waals surface area (Å²) in [5.41, 5.74) is 6.81. The SMILES string of the molecule is CC(N)CCc1ccoc1. The van der Waals surface area contributed by atoms with Crippen LogP contribution < -0.4 is 5.73 Å². The molecule has 1 aromatic rings. The highest BCUT2D eigenvalue weighted by Crippen LogP contribution is 2.04. The van der Waals surface area contributed by atoms with Gasteiger partial charge in [0.2, 0.25) is 0 Å². The molecule has 10 heavy (non-hydrogen) atoms. The summed E-state index contributed by atoms with van der Waals surface area (Å²) in [6.07, 6.45) is 5.51. The van der Waals surface area contributed by atoms with Gasteiger partial charge in [0, 0.05) is 6.04 Å². The van der Waals surface area contributed by atoms with E-state index in [1.165, 1.54) is 5.56 Å². The second kappa shape index (κ2) is 3.42. The maximum atomic E-state index is 5.58. The van der Waals surface area contributed by atoms with Gasteiger partial charge in [0.15, 0.2) is 0 Å². The summed E-state index contributed by atoms with van der Waals surface area (Å²) in [7, 11) is 0. The molecule has 0 saturated heterocycles. The van der Waals surface area contributed by atoms with Gasteiger partial charge in [0.25, 0.3) is 0 Å². The highest BCUT2D eigenvalue weighted by atomic mass is 16.3. The van der Waals surface area contributed by atoms with Gasteiger partial charge in [-0.3, -0.25) is 0 Å². The van der Waals surface area contributed by atoms with Crippen LogP contribution in [0.5, 0.6) is 0 Å². The first kappa shape index (κ1) is 7.35.